The van der Waals surface area contributed by atoms with Crippen molar-refractivity contribution in [1.82, 2.24) is 10.3 Å². The maximum Gasteiger partial charge on any atom is 0.271 e. The molecule has 1 amide bonds. The Morgan fingerprint density at radius 3 is 2.48 bits per heavy atom. The van der Waals surface area contributed by atoms with Crippen LogP contribution in [0.15, 0.2) is 29.6 Å². The molecule has 0 atom stereocenters. The topological polar surface area (TPSA) is 111 Å². The van der Waals surface area contributed by atoms with Gasteiger partial charge in [0.1, 0.15) is 10.7 Å². The van der Waals surface area contributed by atoms with Crippen molar-refractivity contribution in [1.29, 1.82) is 0 Å². The van der Waals surface area contributed by atoms with E-state index in [0.717, 1.165) is 5.56 Å². The predicted octanol–water partition coefficient (Wildman–Crippen LogP) is 2.60. The number of benzene rings is 1. The normalized spacial score (nSPS) is 10.7. The van der Waals surface area contributed by atoms with Gasteiger partial charge < -0.3 is 11.1 Å². The highest BCUT2D eigenvalue weighted by Crippen LogP contribution is 2.23. The molecule has 1 aromatic heterocycles. The summed E-state index contributed by atoms with van der Waals surface area (Å²) < 4.78 is 0. The molecule has 0 saturated carbocycles. The summed E-state index contributed by atoms with van der Waals surface area (Å²) in [6.45, 7) is 3.94. The van der Waals surface area contributed by atoms with Gasteiger partial charge in [0.2, 0.25) is 0 Å². The monoisotopic (exact) mass is 356 g/mol. The fourth-order valence-corrected chi connectivity index (χ4v) is 2.58. The Balaban J connectivity index is 0.00000264. The summed E-state index contributed by atoms with van der Waals surface area (Å²) in [6, 6.07) is 6.09. The van der Waals surface area contributed by atoms with Gasteiger partial charge in [-0.3, -0.25) is 14.9 Å². The molecule has 0 aliphatic rings. The van der Waals surface area contributed by atoms with Crippen molar-refractivity contribution in [3.63, 3.8) is 0 Å². The Labute approximate surface area is 143 Å². The maximum absolute atomic E-state index is 12.2. The van der Waals surface area contributed by atoms with Gasteiger partial charge in [-0.1, -0.05) is 0 Å². The van der Waals surface area contributed by atoms with Gasteiger partial charge >= 0.3 is 0 Å². The fourth-order valence-electron chi connectivity index (χ4n) is 1.93. The predicted molar refractivity (Wildman–Crippen MR) is 90.8 cm³/mol. The van der Waals surface area contributed by atoms with Crippen LogP contribution in [0, 0.1) is 10.1 Å². The first-order valence-corrected chi connectivity index (χ1v) is 7.43. The zero-order valence-electron chi connectivity index (χ0n) is 12.6. The number of amides is 1. The lowest BCUT2D eigenvalue weighted by atomic mass is 9.94. The second-order valence-corrected chi connectivity index (χ2v) is 6.16. The largest absolute Gasteiger partial charge is 0.342 e. The van der Waals surface area contributed by atoms with Crippen LogP contribution in [0.1, 0.15) is 34.9 Å². The molecule has 124 valence electrons. The second-order valence-electron chi connectivity index (χ2n) is 5.21. The van der Waals surface area contributed by atoms with Gasteiger partial charge in [0.25, 0.3) is 11.6 Å². The molecule has 2 rings (SSSR count). The third-order valence-electron chi connectivity index (χ3n) is 3.18. The summed E-state index contributed by atoms with van der Waals surface area (Å²) in [5.41, 5.74) is 5.90. The van der Waals surface area contributed by atoms with Crippen molar-refractivity contribution in [2.75, 3.05) is 0 Å². The highest BCUT2D eigenvalue weighted by molar-refractivity contribution is 7.09. The lowest BCUT2D eigenvalue weighted by molar-refractivity contribution is -0.384. The van der Waals surface area contributed by atoms with Gasteiger partial charge in [-0.2, -0.15) is 0 Å². The number of nitrogens with zero attached hydrogens (tertiary/aromatic N) is 2. The quantitative estimate of drug-likeness (QED) is 0.631. The summed E-state index contributed by atoms with van der Waals surface area (Å²) in [5.74, 6) is -0.306. The van der Waals surface area contributed by atoms with Gasteiger partial charge in [0.05, 0.1) is 10.5 Å². The average Bonchev–Trinajstić information content (AvgIpc) is 2.96. The number of thiazole rings is 1. The molecule has 1 aromatic carbocycles. The molecule has 9 heteroatoms. The van der Waals surface area contributed by atoms with Crippen molar-refractivity contribution in [2.45, 2.75) is 25.9 Å². The van der Waals surface area contributed by atoms with E-state index in [1.54, 1.807) is 17.5 Å². The number of carbonyl (C=O) groups is 1. The lowest BCUT2D eigenvalue weighted by Gasteiger charge is -2.26. The zero-order chi connectivity index (χ0) is 16.3. The van der Waals surface area contributed by atoms with Gasteiger partial charge in [0.15, 0.2) is 0 Å². The number of nitro benzene ring substituents is 1. The van der Waals surface area contributed by atoms with E-state index in [1.807, 2.05) is 13.8 Å². The minimum Gasteiger partial charge on any atom is -0.342 e. The lowest BCUT2D eigenvalue weighted by Crippen LogP contribution is -2.41. The summed E-state index contributed by atoms with van der Waals surface area (Å²) in [6.07, 6.45) is 0. The number of carbonyl (C=O) groups excluding carboxylic acids is 1. The Kier molecular flexibility index (Phi) is 6.20. The molecule has 7 nitrogen and oxygen atoms in total. The number of aromatic nitrogens is 1. The zero-order valence-corrected chi connectivity index (χ0v) is 14.2. The third-order valence-corrected chi connectivity index (χ3v) is 4.06. The van der Waals surface area contributed by atoms with Crippen molar-refractivity contribution < 1.29 is 9.72 Å². The molecule has 0 aliphatic heterocycles. The number of nitrogens with two attached hydrogens (primary N) is 1. The van der Waals surface area contributed by atoms with Crippen LogP contribution in [-0.4, -0.2) is 15.8 Å². The van der Waals surface area contributed by atoms with Gasteiger partial charge in [-0.25, -0.2) is 4.98 Å². The second kappa shape index (κ2) is 7.49. The van der Waals surface area contributed by atoms with Crippen LogP contribution in [0.4, 0.5) is 5.69 Å². The molecule has 3 N–H and O–H groups in total. The first-order valence-electron chi connectivity index (χ1n) is 6.55. The first-order chi connectivity index (χ1) is 10.3. The first kappa shape index (κ1) is 19.0. The van der Waals surface area contributed by atoms with Crippen LogP contribution in [0.25, 0.3) is 0 Å². The van der Waals surface area contributed by atoms with E-state index in [-0.39, 0.29) is 24.0 Å². The van der Waals surface area contributed by atoms with Crippen molar-refractivity contribution in [3.05, 3.63) is 56.0 Å². The van der Waals surface area contributed by atoms with E-state index in [4.69, 9.17) is 5.73 Å². The maximum atomic E-state index is 12.2. The van der Waals surface area contributed by atoms with E-state index >= 15 is 0 Å². The number of hydrogen-bond donors (Lipinski definition) is 2. The molecule has 0 fully saturated rings. The van der Waals surface area contributed by atoms with E-state index in [0.29, 0.717) is 17.2 Å². The number of nitrogens with one attached hydrogen (secondary N) is 1. The number of nitro groups is 1. The SMILES string of the molecule is CC(C)(NC(=O)c1csc(CN)n1)c1ccc([N+](=O)[O-])cc1.Cl. The van der Waals surface area contributed by atoms with Crippen LogP contribution in [0.2, 0.25) is 0 Å². The minimum absolute atomic E-state index is 0. The molecular formula is C14H17ClN4O3S. The van der Waals surface area contributed by atoms with Crippen molar-refractivity contribution in [2.24, 2.45) is 5.73 Å². The van der Waals surface area contributed by atoms with Crippen LogP contribution >= 0.6 is 23.7 Å². The fraction of sp³-hybridized carbons (Fsp3) is 0.286. The third kappa shape index (κ3) is 4.47. The number of hydrogen-bond acceptors (Lipinski definition) is 6. The molecule has 23 heavy (non-hydrogen) atoms. The molecule has 2 aromatic rings. The molecule has 0 spiro atoms. The van der Waals surface area contributed by atoms with Crippen LogP contribution in [-0.2, 0) is 12.1 Å². The molecule has 0 bridgehead atoms. The highest BCUT2D eigenvalue weighted by atomic mass is 35.5. The summed E-state index contributed by atoms with van der Waals surface area (Å²) >= 11 is 1.33. The average molecular weight is 357 g/mol. The Morgan fingerprint density at radius 1 is 1.39 bits per heavy atom. The number of non-ortho nitro benzene ring substituents is 1. The molecule has 0 radical (unpaired) electrons. The van der Waals surface area contributed by atoms with Gasteiger partial charge in [0, 0.05) is 24.1 Å². The molecular weight excluding hydrogens is 340 g/mol. The van der Waals surface area contributed by atoms with E-state index in [1.165, 1.54) is 23.5 Å². The van der Waals surface area contributed by atoms with Crippen LogP contribution in [0.3, 0.4) is 0 Å². The standard InChI is InChI=1S/C14H16N4O3S.ClH/c1-14(2,9-3-5-10(6-4-9)18(20)21)17-13(19)11-8-22-12(7-15)16-11;/h3-6,8H,7,15H2,1-2H3,(H,17,19);1H. The smallest absolute Gasteiger partial charge is 0.271 e. The van der Waals surface area contributed by atoms with Gasteiger partial charge in [-0.15, -0.1) is 23.7 Å². The van der Waals surface area contributed by atoms with E-state index in [2.05, 4.69) is 10.3 Å². The van der Waals surface area contributed by atoms with E-state index < -0.39 is 10.5 Å². The van der Waals surface area contributed by atoms with Crippen LogP contribution in [0.5, 0.6) is 0 Å². The molecule has 0 unspecified atom stereocenters. The molecule has 0 saturated heterocycles. The van der Waals surface area contributed by atoms with Gasteiger partial charge in [-0.05, 0) is 31.5 Å². The summed E-state index contributed by atoms with van der Waals surface area (Å²) in [7, 11) is 0. The summed E-state index contributed by atoms with van der Waals surface area (Å²) in [5, 5.41) is 15.9. The Morgan fingerprint density at radius 2 is 2.00 bits per heavy atom. The van der Waals surface area contributed by atoms with Crippen molar-refractivity contribution >= 4 is 35.3 Å². The molecule has 0 aliphatic carbocycles. The van der Waals surface area contributed by atoms with Crippen molar-refractivity contribution in [3.8, 4) is 0 Å². The van der Waals surface area contributed by atoms with Crippen LogP contribution < -0.4 is 11.1 Å². The number of halogens is 1. The Bertz CT molecular complexity index is 700. The van der Waals surface area contributed by atoms with E-state index in [9.17, 15) is 14.9 Å². The minimum atomic E-state index is -0.682. The summed E-state index contributed by atoms with van der Waals surface area (Å²) in [4.78, 5) is 26.6. The molecule has 1 heterocycles. The highest BCUT2D eigenvalue weighted by Gasteiger charge is 2.25. The number of rotatable bonds is 5. The Hall–Kier alpha value is -2.03.